The minimum absolute atomic E-state index is 0.251. The molecule has 2 unspecified atom stereocenters. The molecule has 0 spiro atoms. The van der Waals surface area contributed by atoms with Gasteiger partial charge in [0.1, 0.15) is 18.0 Å². The zero-order valence-electron chi connectivity index (χ0n) is 10.7. The summed E-state index contributed by atoms with van der Waals surface area (Å²) >= 11 is 3.30. The van der Waals surface area contributed by atoms with Crippen molar-refractivity contribution < 1.29 is 14.2 Å². The molecule has 4 heteroatoms. The second kappa shape index (κ2) is 5.64. The van der Waals surface area contributed by atoms with Crippen LogP contribution in [-0.4, -0.2) is 11.7 Å². The van der Waals surface area contributed by atoms with Crippen molar-refractivity contribution in [3.8, 4) is 0 Å². The van der Waals surface area contributed by atoms with E-state index >= 15 is 0 Å². The lowest BCUT2D eigenvalue weighted by molar-refractivity contribution is -0.0495. The molecule has 1 aliphatic rings. The van der Waals surface area contributed by atoms with Gasteiger partial charge in [0, 0.05) is 10.0 Å². The van der Waals surface area contributed by atoms with Gasteiger partial charge in [-0.1, -0.05) is 40.2 Å². The fraction of sp³-hybridized carbons (Fsp3) is 0.250. The molecule has 0 saturated heterocycles. The first kappa shape index (κ1) is 13.7. The van der Waals surface area contributed by atoms with E-state index in [2.05, 4.69) is 15.9 Å². The normalized spacial score (nSPS) is 19.4. The van der Waals surface area contributed by atoms with Crippen molar-refractivity contribution in [3.05, 3.63) is 69.4 Å². The van der Waals surface area contributed by atoms with E-state index in [1.165, 1.54) is 6.07 Å². The standard InChI is InChI=1S/C16H14BrFO2/c17-11-5-6-14(18)13(9-11)15(19)16-12-4-2-1-3-10(12)7-8-20-16/h1-6,9,15-16,19H,7-8H2. The van der Waals surface area contributed by atoms with Crippen molar-refractivity contribution in [2.45, 2.75) is 18.6 Å². The van der Waals surface area contributed by atoms with E-state index in [1.807, 2.05) is 24.3 Å². The Balaban J connectivity index is 1.99. The summed E-state index contributed by atoms with van der Waals surface area (Å²) in [5, 5.41) is 10.5. The van der Waals surface area contributed by atoms with E-state index in [4.69, 9.17) is 4.74 Å². The van der Waals surface area contributed by atoms with Gasteiger partial charge in [0.25, 0.3) is 0 Å². The topological polar surface area (TPSA) is 29.5 Å². The lowest BCUT2D eigenvalue weighted by Gasteiger charge is -2.30. The lowest BCUT2D eigenvalue weighted by atomic mass is 9.91. The number of halogens is 2. The summed E-state index contributed by atoms with van der Waals surface area (Å²) in [4.78, 5) is 0. The number of hydrogen-bond acceptors (Lipinski definition) is 2. The quantitative estimate of drug-likeness (QED) is 0.900. The van der Waals surface area contributed by atoms with E-state index in [0.29, 0.717) is 6.61 Å². The van der Waals surface area contributed by atoms with Crippen LogP contribution in [0.2, 0.25) is 0 Å². The molecular weight excluding hydrogens is 323 g/mol. The van der Waals surface area contributed by atoms with Crippen molar-refractivity contribution in [2.75, 3.05) is 6.61 Å². The van der Waals surface area contributed by atoms with E-state index in [-0.39, 0.29) is 5.56 Å². The maximum absolute atomic E-state index is 13.9. The van der Waals surface area contributed by atoms with Gasteiger partial charge in [-0.25, -0.2) is 4.39 Å². The van der Waals surface area contributed by atoms with Gasteiger partial charge < -0.3 is 9.84 Å². The number of rotatable bonds is 2. The third-order valence-electron chi connectivity index (χ3n) is 3.59. The zero-order valence-corrected chi connectivity index (χ0v) is 12.3. The molecule has 0 bridgehead atoms. The van der Waals surface area contributed by atoms with Crippen molar-refractivity contribution in [3.63, 3.8) is 0 Å². The van der Waals surface area contributed by atoms with Gasteiger partial charge in [-0.3, -0.25) is 0 Å². The van der Waals surface area contributed by atoms with Gasteiger partial charge in [-0.2, -0.15) is 0 Å². The molecule has 0 fully saturated rings. The van der Waals surface area contributed by atoms with Crippen LogP contribution in [0.3, 0.4) is 0 Å². The maximum atomic E-state index is 13.9. The van der Waals surface area contributed by atoms with Crippen LogP contribution in [0, 0.1) is 5.82 Å². The van der Waals surface area contributed by atoms with E-state index in [9.17, 15) is 9.50 Å². The molecule has 1 N–H and O–H groups in total. The summed E-state index contributed by atoms with van der Waals surface area (Å²) in [5.41, 5.74) is 2.34. The number of aliphatic hydroxyl groups is 1. The van der Waals surface area contributed by atoms with Crippen LogP contribution in [0.5, 0.6) is 0 Å². The third kappa shape index (κ3) is 2.51. The highest BCUT2D eigenvalue weighted by molar-refractivity contribution is 9.10. The monoisotopic (exact) mass is 336 g/mol. The molecule has 2 aromatic rings. The minimum atomic E-state index is -1.02. The SMILES string of the molecule is OC(c1cc(Br)ccc1F)C1OCCc2ccccc21. The fourth-order valence-corrected chi connectivity index (χ4v) is 2.97. The molecule has 1 heterocycles. The Morgan fingerprint density at radius 2 is 2.05 bits per heavy atom. The number of benzene rings is 2. The fourth-order valence-electron chi connectivity index (χ4n) is 2.59. The molecule has 20 heavy (non-hydrogen) atoms. The molecule has 104 valence electrons. The summed E-state index contributed by atoms with van der Waals surface area (Å²) < 4.78 is 20.3. The Morgan fingerprint density at radius 1 is 1.25 bits per heavy atom. The van der Waals surface area contributed by atoms with Gasteiger partial charge in [-0.15, -0.1) is 0 Å². The van der Waals surface area contributed by atoms with Gasteiger partial charge in [0.2, 0.25) is 0 Å². The summed E-state index contributed by atoms with van der Waals surface area (Å²) in [6.07, 6.45) is -0.724. The predicted molar refractivity (Wildman–Crippen MR) is 77.9 cm³/mol. The van der Waals surface area contributed by atoms with Crippen molar-refractivity contribution in [2.24, 2.45) is 0 Å². The van der Waals surface area contributed by atoms with Crippen molar-refractivity contribution in [1.82, 2.24) is 0 Å². The van der Waals surface area contributed by atoms with Crippen LogP contribution in [0.15, 0.2) is 46.9 Å². The molecule has 0 saturated carbocycles. The van der Waals surface area contributed by atoms with Gasteiger partial charge >= 0.3 is 0 Å². The average Bonchev–Trinajstić information content (AvgIpc) is 2.48. The number of fused-ring (bicyclic) bond motifs is 1. The molecule has 2 aromatic carbocycles. The van der Waals surface area contributed by atoms with Crippen LogP contribution in [0.25, 0.3) is 0 Å². The summed E-state index contributed by atoms with van der Waals surface area (Å²) in [6, 6.07) is 12.4. The maximum Gasteiger partial charge on any atom is 0.129 e. The second-order valence-corrected chi connectivity index (χ2v) is 5.77. The Bertz CT molecular complexity index is 630. The molecule has 0 amide bonds. The smallest absolute Gasteiger partial charge is 0.129 e. The highest BCUT2D eigenvalue weighted by Gasteiger charge is 2.30. The van der Waals surface area contributed by atoms with E-state index in [0.717, 1.165) is 22.0 Å². The molecule has 3 rings (SSSR count). The molecule has 1 aliphatic heterocycles. The number of aliphatic hydroxyl groups excluding tert-OH is 1. The Hall–Kier alpha value is -1.23. The molecule has 0 aromatic heterocycles. The van der Waals surface area contributed by atoms with Crippen LogP contribution < -0.4 is 0 Å². The average molecular weight is 337 g/mol. The molecule has 2 atom stereocenters. The van der Waals surface area contributed by atoms with Crippen LogP contribution in [0.4, 0.5) is 4.39 Å². The first-order valence-electron chi connectivity index (χ1n) is 6.49. The predicted octanol–water partition coefficient (Wildman–Crippen LogP) is 3.94. The van der Waals surface area contributed by atoms with Crippen molar-refractivity contribution in [1.29, 1.82) is 0 Å². The first-order valence-corrected chi connectivity index (χ1v) is 7.28. The number of ether oxygens (including phenoxy) is 1. The van der Waals surface area contributed by atoms with Crippen LogP contribution in [0.1, 0.15) is 28.9 Å². The molecular formula is C16H14BrFO2. The van der Waals surface area contributed by atoms with Crippen LogP contribution in [-0.2, 0) is 11.2 Å². The van der Waals surface area contributed by atoms with Crippen molar-refractivity contribution >= 4 is 15.9 Å². The minimum Gasteiger partial charge on any atom is -0.385 e. The highest BCUT2D eigenvalue weighted by atomic mass is 79.9. The Kier molecular flexibility index (Phi) is 3.87. The van der Waals surface area contributed by atoms with E-state index < -0.39 is 18.0 Å². The third-order valence-corrected chi connectivity index (χ3v) is 4.09. The highest BCUT2D eigenvalue weighted by Crippen LogP contribution is 2.38. The summed E-state index contributed by atoms with van der Waals surface area (Å²) in [7, 11) is 0. The Labute approximate surface area is 125 Å². The first-order chi connectivity index (χ1) is 9.66. The molecule has 0 radical (unpaired) electrons. The summed E-state index contributed by atoms with van der Waals surface area (Å²) in [5.74, 6) is -0.424. The van der Waals surface area contributed by atoms with Gasteiger partial charge in [0.05, 0.1) is 6.61 Å². The van der Waals surface area contributed by atoms with Crippen LogP contribution >= 0.6 is 15.9 Å². The van der Waals surface area contributed by atoms with Gasteiger partial charge in [0.15, 0.2) is 0 Å². The largest absolute Gasteiger partial charge is 0.385 e. The second-order valence-electron chi connectivity index (χ2n) is 4.85. The molecule has 2 nitrogen and oxygen atoms in total. The summed E-state index contributed by atoms with van der Waals surface area (Å²) in [6.45, 7) is 0.536. The zero-order chi connectivity index (χ0) is 14.1. The van der Waals surface area contributed by atoms with E-state index in [1.54, 1.807) is 12.1 Å². The lowest BCUT2D eigenvalue weighted by Crippen LogP contribution is -2.22. The van der Waals surface area contributed by atoms with Gasteiger partial charge in [-0.05, 0) is 35.7 Å². The molecule has 0 aliphatic carbocycles. The Morgan fingerprint density at radius 3 is 2.90 bits per heavy atom. The number of hydrogen-bond donors (Lipinski definition) is 1.